The van der Waals surface area contributed by atoms with E-state index in [0.717, 1.165) is 0 Å². The van der Waals surface area contributed by atoms with Crippen LogP contribution < -0.4 is 4.74 Å². The van der Waals surface area contributed by atoms with Crippen molar-refractivity contribution in [3.63, 3.8) is 0 Å². The van der Waals surface area contributed by atoms with E-state index in [1.54, 1.807) is 68.0 Å². The van der Waals surface area contributed by atoms with E-state index in [0.29, 0.717) is 22.6 Å². The third kappa shape index (κ3) is 3.38. The van der Waals surface area contributed by atoms with E-state index in [1.165, 1.54) is 11.2 Å². The molecule has 3 heterocycles. The number of carbonyl (C=O) groups excluding carboxylic acids is 2. The topological polar surface area (TPSA) is 92.9 Å². The van der Waals surface area contributed by atoms with Gasteiger partial charge in [-0.05, 0) is 54.1 Å². The quantitative estimate of drug-likeness (QED) is 0.408. The molecular formula is C22H18N2O5. The Morgan fingerprint density at radius 2 is 1.86 bits per heavy atom. The minimum Gasteiger partial charge on any atom is -0.507 e. The van der Waals surface area contributed by atoms with Gasteiger partial charge in [0.2, 0.25) is 0 Å². The van der Waals surface area contributed by atoms with E-state index in [4.69, 9.17) is 9.15 Å². The molecule has 1 N–H and O–H groups in total. The second-order valence-electron chi connectivity index (χ2n) is 6.52. The zero-order valence-electron chi connectivity index (χ0n) is 15.6. The second kappa shape index (κ2) is 7.63. The van der Waals surface area contributed by atoms with Crippen molar-refractivity contribution in [1.29, 1.82) is 0 Å². The van der Waals surface area contributed by atoms with Crippen LogP contribution in [0.25, 0.3) is 5.76 Å². The lowest BCUT2D eigenvalue weighted by Crippen LogP contribution is -2.29. The first-order valence-electron chi connectivity index (χ1n) is 8.95. The molecule has 1 atom stereocenters. The molecule has 1 unspecified atom stereocenters. The van der Waals surface area contributed by atoms with Crippen LogP contribution in [-0.2, 0) is 16.1 Å². The van der Waals surface area contributed by atoms with Crippen molar-refractivity contribution in [2.75, 3.05) is 7.11 Å². The normalized spacial score (nSPS) is 18.2. The van der Waals surface area contributed by atoms with Gasteiger partial charge in [-0.2, -0.15) is 0 Å². The molecule has 1 fully saturated rings. The fraction of sp³-hybridized carbons (Fsp3) is 0.136. The summed E-state index contributed by atoms with van der Waals surface area (Å²) in [6.45, 7) is 0.101. The Morgan fingerprint density at radius 1 is 1.14 bits per heavy atom. The number of aromatic nitrogens is 1. The number of furan rings is 1. The Morgan fingerprint density at radius 3 is 2.48 bits per heavy atom. The van der Waals surface area contributed by atoms with Gasteiger partial charge in [-0.3, -0.25) is 14.6 Å². The summed E-state index contributed by atoms with van der Waals surface area (Å²) in [7, 11) is 1.54. The number of hydrogen-bond donors (Lipinski definition) is 1. The summed E-state index contributed by atoms with van der Waals surface area (Å²) in [6, 6.07) is 12.7. The molecule has 29 heavy (non-hydrogen) atoms. The molecule has 3 aromatic rings. The molecule has 1 saturated heterocycles. The van der Waals surface area contributed by atoms with Crippen LogP contribution >= 0.6 is 0 Å². The molecule has 146 valence electrons. The SMILES string of the molecule is COc1ccc(/C(O)=C2/C(=O)C(=O)N(Cc3ccco3)C2c2ccncc2)cc1. The molecule has 1 aromatic carbocycles. The van der Waals surface area contributed by atoms with Crippen LogP contribution in [0.4, 0.5) is 0 Å². The van der Waals surface area contributed by atoms with Gasteiger partial charge in [-0.1, -0.05) is 0 Å². The van der Waals surface area contributed by atoms with Crippen LogP contribution in [0.2, 0.25) is 0 Å². The van der Waals surface area contributed by atoms with E-state index >= 15 is 0 Å². The number of hydrogen-bond acceptors (Lipinski definition) is 6. The first-order valence-corrected chi connectivity index (χ1v) is 8.95. The van der Waals surface area contributed by atoms with E-state index < -0.39 is 17.7 Å². The molecule has 0 spiro atoms. The molecule has 0 aliphatic carbocycles. The molecule has 0 bridgehead atoms. The number of amides is 1. The highest BCUT2D eigenvalue weighted by Crippen LogP contribution is 2.40. The van der Waals surface area contributed by atoms with Gasteiger partial charge < -0.3 is 19.2 Å². The van der Waals surface area contributed by atoms with Gasteiger partial charge in [-0.25, -0.2) is 0 Å². The molecule has 0 saturated carbocycles. The van der Waals surface area contributed by atoms with E-state index in [9.17, 15) is 14.7 Å². The highest BCUT2D eigenvalue weighted by atomic mass is 16.5. The van der Waals surface area contributed by atoms with Crippen molar-refractivity contribution in [1.82, 2.24) is 9.88 Å². The summed E-state index contributed by atoms with van der Waals surface area (Å²) in [6.07, 6.45) is 4.66. The Labute approximate surface area is 166 Å². The predicted octanol–water partition coefficient (Wildman–Crippen LogP) is 3.31. The molecule has 1 aliphatic rings. The molecule has 1 aliphatic heterocycles. The van der Waals surface area contributed by atoms with Crippen molar-refractivity contribution in [2.45, 2.75) is 12.6 Å². The fourth-order valence-corrected chi connectivity index (χ4v) is 3.41. The Hall–Kier alpha value is -3.87. The van der Waals surface area contributed by atoms with Crippen molar-refractivity contribution < 1.29 is 23.8 Å². The standard InChI is InChI=1S/C22H18N2O5/c1-28-16-6-4-15(5-7-16)20(25)18-19(14-8-10-23-11-9-14)24(22(27)21(18)26)13-17-3-2-12-29-17/h2-12,19,25H,13H2,1H3/b20-18-. The average molecular weight is 390 g/mol. The van der Waals surface area contributed by atoms with Crippen LogP contribution in [0.5, 0.6) is 5.75 Å². The number of ketones is 1. The molecule has 7 nitrogen and oxygen atoms in total. The number of ether oxygens (including phenoxy) is 1. The van der Waals surface area contributed by atoms with Crippen LogP contribution in [0.3, 0.4) is 0 Å². The lowest BCUT2D eigenvalue weighted by Gasteiger charge is -2.24. The number of carbonyl (C=O) groups is 2. The molecule has 2 aromatic heterocycles. The van der Waals surface area contributed by atoms with E-state index in [2.05, 4.69) is 4.98 Å². The third-order valence-corrected chi connectivity index (χ3v) is 4.83. The lowest BCUT2D eigenvalue weighted by molar-refractivity contribution is -0.140. The lowest BCUT2D eigenvalue weighted by atomic mass is 9.96. The largest absolute Gasteiger partial charge is 0.507 e. The van der Waals surface area contributed by atoms with Crippen molar-refractivity contribution in [2.24, 2.45) is 0 Å². The van der Waals surface area contributed by atoms with Gasteiger partial charge in [-0.15, -0.1) is 0 Å². The highest BCUT2D eigenvalue weighted by Gasteiger charge is 2.46. The van der Waals surface area contributed by atoms with Crippen LogP contribution in [0, 0.1) is 0 Å². The number of likely N-dealkylation sites (tertiary alicyclic amines) is 1. The van der Waals surface area contributed by atoms with Gasteiger partial charge in [0.05, 0.1) is 31.5 Å². The monoisotopic (exact) mass is 390 g/mol. The summed E-state index contributed by atoms with van der Waals surface area (Å²) in [5, 5.41) is 10.9. The minimum atomic E-state index is -0.759. The first-order chi connectivity index (χ1) is 14.1. The number of nitrogens with zero attached hydrogens (tertiary/aromatic N) is 2. The zero-order chi connectivity index (χ0) is 20.4. The molecular weight excluding hydrogens is 372 g/mol. The number of rotatable bonds is 5. The smallest absolute Gasteiger partial charge is 0.296 e. The molecule has 0 radical (unpaired) electrons. The Kier molecular flexibility index (Phi) is 4.87. The van der Waals surface area contributed by atoms with Gasteiger partial charge in [0.1, 0.15) is 17.3 Å². The molecule has 1 amide bonds. The van der Waals surface area contributed by atoms with Crippen molar-refractivity contribution >= 4 is 17.4 Å². The van der Waals surface area contributed by atoms with E-state index in [1.807, 2.05) is 0 Å². The maximum Gasteiger partial charge on any atom is 0.296 e. The maximum atomic E-state index is 12.9. The van der Waals surface area contributed by atoms with Gasteiger partial charge in [0.25, 0.3) is 11.7 Å². The van der Waals surface area contributed by atoms with Crippen molar-refractivity contribution in [3.05, 3.63) is 89.6 Å². The summed E-state index contributed by atoms with van der Waals surface area (Å²) < 4.78 is 10.5. The second-order valence-corrected chi connectivity index (χ2v) is 6.52. The van der Waals surface area contributed by atoms with Gasteiger partial charge in [0.15, 0.2) is 0 Å². The number of aliphatic hydroxyl groups excluding tert-OH is 1. The number of Topliss-reactive ketones (excluding diaryl/α,β-unsaturated/α-hetero) is 1. The van der Waals surface area contributed by atoms with Crippen molar-refractivity contribution in [3.8, 4) is 5.75 Å². The summed E-state index contributed by atoms with van der Waals surface area (Å²) >= 11 is 0. The number of methoxy groups -OCH3 is 1. The number of aliphatic hydroxyl groups is 1. The maximum absolute atomic E-state index is 12.9. The van der Waals surface area contributed by atoms with Crippen LogP contribution in [0.15, 0.2) is 77.2 Å². The third-order valence-electron chi connectivity index (χ3n) is 4.83. The predicted molar refractivity (Wildman–Crippen MR) is 104 cm³/mol. The van der Waals surface area contributed by atoms with E-state index in [-0.39, 0.29) is 17.9 Å². The highest BCUT2D eigenvalue weighted by molar-refractivity contribution is 6.46. The van der Waals surface area contributed by atoms with Crippen LogP contribution in [-0.4, -0.2) is 33.8 Å². The Bertz CT molecular complexity index is 1060. The van der Waals surface area contributed by atoms with Gasteiger partial charge >= 0.3 is 0 Å². The fourth-order valence-electron chi connectivity index (χ4n) is 3.41. The Balaban J connectivity index is 1.83. The average Bonchev–Trinajstić information content (AvgIpc) is 3.36. The molecule has 4 rings (SSSR count). The minimum absolute atomic E-state index is 0.0259. The zero-order valence-corrected chi connectivity index (χ0v) is 15.6. The number of pyridine rings is 1. The van der Waals surface area contributed by atoms with Crippen LogP contribution in [0.1, 0.15) is 22.9 Å². The summed E-state index contributed by atoms with van der Waals surface area (Å²) in [4.78, 5) is 31.1. The molecule has 7 heteroatoms. The summed E-state index contributed by atoms with van der Waals surface area (Å²) in [5.41, 5.74) is 1.11. The van der Waals surface area contributed by atoms with Gasteiger partial charge in [0, 0.05) is 18.0 Å². The first kappa shape index (κ1) is 18.5. The summed E-state index contributed by atoms with van der Waals surface area (Å²) in [5.74, 6) is -0.527. The number of benzene rings is 1.